The van der Waals surface area contributed by atoms with Crippen LogP contribution in [0.1, 0.15) is 37.3 Å². The summed E-state index contributed by atoms with van der Waals surface area (Å²) in [6.07, 6.45) is 5.16. The lowest BCUT2D eigenvalue weighted by molar-refractivity contribution is 0.719. The van der Waals surface area contributed by atoms with Crippen molar-refractivity contribution in [3.8, 4) is 0 Å². The van der Waals surface area contributed by atoms with Gasteiger partial charge in [-0.3, -0.25) is 0 Å². The molecular formula is C16H20. The van der Waals surface area contributed by atoms with Crippen LogP contribution >= 0.6 is 0 Å². The molecule has 0 fully saturated rings. The van der Waals surface area contributed by atoms with Gasteiger partial charge in [-0.25, -0.2) is 0 Å². The summed E-state index contributed by atoms with van der Waals surface area (Å²) < 4.78 is 0. The second-order valence-electron chi connectivity index (χ2n) is 4.60. The Morgan fingerprint density at radius 1 is 1.00 bits per heavy atom. The number of hydrogen-bond donors (Lipinski definition) is 0. The summed E-state index contributed by atoms with van der Waals surface area (Å²) in [6, 6.07) is 13.3. The van der Waals surface area contributed by atoms with Gasteiger partial charge in [-0.1, -0.05) is 61.7 Å². The van der Waals surface area contributed by atoms with Crippen LogP contribution in [-0.4, -0.2) is 0 Å². The van der Waals surface area contributed by atoms with E-state index in [4.69, 9.17) is 0 Å². The Morgan fingerprint density at radius 2 is 1.81 bits per heavy atom. The van der Waals surface area contributed by atoms with Crippen molar-refractivity contribution in [1.29, 1.82) is 0 Å². The zero-order valence-electron chi connectivity index (χ0n) is 10.3. The molecule has 0 saturated carbocycles. The van der Waals surface area contributed by atoms with E-state index < -0.39 is 0 Å². The second-order valence-corrected chi connectivity index (χ2v) is 4.60. The van der Waals surface area contributed by atoms with Crippen molar-refractivity contribution in [2.75, 3.05) is 0 Å². The summed E-state index contributed by atoms with van der Waals surface area (Å²) in [6.45, 7) is 4.45. The molecule has 0 saturated heterocycles. The van der Waals surface area contributed by atoms with Crippen LogP contribution in [0.5, 0.6) is 0 Å². The molecule has 0 aromatic heterocycles. The molecule has 84 valence electrons. The maximum absolute atomic E-state index is 2.35. The lowest BCUT2D eigenvalue weighted by Crippen LogP contribution is -1.89. The summed E-state index contributed by atoms with van der Waals surface area (Å²) in [4.78, 5) is 0. The predicted molar refractivity (Wildman–Crippen MR) is 71.9 cm³/mol. The smallest absolute Gasteiger partial charge is 0.0152 e. The van der Waals surface area contributed by atoms with Gasteiger partial charge in [-0.15, -0.1) is 0 Å². The molecule has 0 amide bonds. The lowest BCUT2D eigenvalue weighted by atomic mass is 9.97. The van der Waals surface area contributed by atoms with Crippen molar-refractivity contribution in [2.24, 2.45) is 0 Å². The third-order valence-electron chi connectivity index (χ3n) is 3.14. The van der Waals surface area contributed by atoms with Crippen LogP contribution in [0.4, 0.5) is 0 Å². The molecule has 0 aliphatic carbocycles. The number of aryl methyl sites for hydroxylation is 2. The van der Waals surface area contributed by atoms with Gasteiger partial charge in [0.1, 0.15) is 0 Å². The topological polar surface area (TPSA) is 0 Å². The first-order valence-electron chi connectivity index (χ1n) is 6.29. The molecule has 0 radical (unpaired) electrons. The fraction of sp³-hybridized carbons (Fsp3) is 0.375. The first-order valence-corrected chi connectivity index (χ1v) is 6.29. The molecule has 0 spiro atoms. The fourth-order valence-electron chi connectivity index (χ4n) is 2.33. The minimum atomic E-state index is 1.22. The van der Waals surface area contributed by atoms with Gasteiger partial charge in [0.2, 0.25) is 0 Å². The molecule has 0 aliphatic rings. The number of unbranched alkanes of at least 4 members (excludes halogenated alkanes) is 2. The number of benzene rings is 2. The first kappa shape index (κ1) is 11.2. The highest BCUT2D eigenvalue weighted by Gasteiger charge is 2.01. The number of hydrogen-bond acceptors (Lipinski definition) is 0. The van der Waals surface area contributed by atoms with Gasteiger partial charge in [-0.2, -0.15) is 0 Å². The minimum Gasteiger partial charge on any atom is -0.0654 e. The Balaban J connectivity index is 2.34. The predicted octanol–water partition coefficient (Wildman–Crippen LogP) is 4.88. The molecule has 2 rings (SSSR count). The molecule has 0 heteroatoms. The highest BCUT2D eigenvalue weighted by atomic mass is 14.1. The van der Waals surface area contributed by atoms with Crippen molar-refractivity contribution in [3.63, 3.8) is 0 Å². The summed E-state index contributed by atoms with van der Waals surface area (Å²) >= 11 is 0. The summed E-state index contributed by atoms with van der Waals surface area (Å²) in [7, 11) is 0. The fourth-order valence-corrected chi connectivity index (χ4v) is 2.33. The molecule has 0 aliphatic heterocycles. The standard InChI is InChI=1S/C16H20/c1-3-4-5-8-14-11-13(2)12-15-9-6-7-10-16(14)15/h6-7,9-12H,3-5,8H2,1-2H3. The zero-order valence-corrected chi connectivity index (χ0v) is 10.3. The maximum Gasteiger partial charge on any atom is -0.0152 e. The van der Waals surface area contributed by atoms with Crippen LogP contribution in [0.15, 0.2) is 36.4 Å². The monoisotopic (exact) mass is 212 g/mol. The Bertz CT molecular complexity index is 468. The van der Waals surface area contributed by atoms with Crippen molar-refractivity contribution >= 4 is 10.8 Å². The third kappa shape index (κ3) is 2.44. The molecule has 0 atom stereocenters. The van der Waals surface area contributed by atoms with Gasteiger partial charge in [0.05, 0.1) is 0 Å². The van der Waals surface area contributed by atoms with E-state index in [0.29, 0.717) is 0 Å². The highest BCUT2D eigenvalue weighted by molar-refractivity contribution is 5.86. The first-order chi connectivity index (χ1) is 7.81. The highest BCUT2D eigenvalue weighted by Crippen LogP contribution is 2.22. The van der Waals surface area contributed by atoms with Gasteiger partial charge in [0.15, 0.2) is 0 Å². The normalized spacial score (nSPS) is 10.9. The van der Waals surface area contributed by atoms with Crippen molar-refractivity contribution in [3.05, 3.63) is 47.5 Å². The lowest BCUT2D eigenvalue weighted by Gasteiger charge is -2.08. The largest absolute Gasteiger partial charge is 0.0654 e. The van der Waals surface area contributed by atoms with Crippen molar-refractivity contribution < 1.29 is 0 Å². The summed E-state index contributed by atoms with van der Waals surface area (Å²) in [5.41, 5.74) is 2.90. The molecule has 0 unspecified atom stereocenters. The quantitative estimate of drug-likeness (QED) is 0.633. The van der Waals surface area contributed by atoms with Crippen LogP contribution in [0.3, 0.4) is 0 Å². The minimum absolute atomic E-state index is 1.22. The molecule has 16 heavy (non-hydrogen) atoms. The zero-order chi connectivity index (χ0) is 11.4. The molecule has 0 heterocycles. The van der Waals surface area contributed by atoms with Crippen molar-refractivity contribution in [2.45, 2.75) is 39.5 Å². The number of rotatable bonds is 4. The van der Waals surface area contributed by atoms with Gasteiger partial charge < -0.3 is 0 Å². The van der Waals surface area contributed by atoms with Crippen LogP contribution in [0.25, 0.3) is 10.8 Å². The second kappa shape index (κ2) is 5.16. The third-order valence-corrected chi connectivity index (χ3v) is 3.14. The van der Waals surface area contributed by atoms with E-state index in [1.54, 1.807) is 0 Å². The summed E-state index contributed by atoms with van der Waals surface area (Å²) in [5, 5.41) is 2.82. The molecule has 2 aromatic carbocycles. The van der Waals surface area contributed by atoms with E-state index >= 15 is 0 Å². The van der Waals surface area contributed by atoms with Crippen LogP contribution in [-0.2, 0) is 6.42 Å². The molecule has 0 bridgehead atoms. The van der Waals surface area contributed by atoms with E-state index in [2.05, 4.69) is 50.2 Å². The molecule has 2 aromatic rings. The molecule has 0 N–H and O–H groups in total. The Hall–Kier alpha value is -1.30. The van der Waals surface area contributed by atoms with E-state index in [1.165, 1.54) is 47.6 Å². The van der Waals surface area contributed by atoms with E-state index in [9.17, 15) is 0 Å². The Kier molecular flexibility index (Phi) is 3.61. The van der Waals surface area contributed by atoms with Crippen LogP contribution in [0, 0.1) is 6.92 Å². The SMILES string of the molecule is CCCCCc1cc(C)cc2ccccc12. The molecular weight excluding hydrogens is 192 g/mol. The average molecular weight is 212 g/mol. The van der Waals surface area contributed by atoms with Crippen molar-refractivity contribution in [1.82, 2.24) is 0 Å². The van der Waals surface area contributed by atoms with Gasteiger partial charge in [-0.05, 0) is 36.1 Å². The average Bonchev–Trinajstić information content (AvgIpc) is 2.29. The number of fused-ring (bicyclic) bond motifs is 1. The van der Waals surface area contributed by atoms with Gasteiger partial charge in [0.25, 0.3) is 0 Å². The maximum atomic E-state index is 2.35. The molecule has 0 nitrogen and oxygen atoms in total. The van der Waals surface area contributed by atoms with E-state index in [1.807, 2.05) is 0 Å². The van der Waals surface area contributed by atoms with Crippen LogP contribution < -0.4 is 0 Å². The van der Waals surface area contributed by atoms with E-state index in [0.717, 1.165) is 0 Å². The Morgan fingerprint density at radius 3 is 2.62 bits per heavy atom. The van der Waals surface area contributed by atoms with Gasteiger partial charge in [0, 0.05) is 0 Å². The van der Waals surface area contributed by atoms with E-state index in [-0.39, 0.29) is 0 Å². The Labute approximate surface area is 98.3 Å². The summed E-state index contributed by atoms with van der Waals surface area (Å²) in [5.74, 6) is 0. The van der Waals surface area contributed by atoms with Crippen LogP contribution in [0.2, 0.25) is 0 Å². The van der Waals surface area contributed by atoms with Gasteiger partial charge >= 0.3 is 0 Å².